The molecule has 2 aromatic rings. The van der Waals surface area contributed by atoms with Gasteiger partial charge in [-0.05, 0) is 26.0 Å². The summed E-state index contributed by atoms with van der Waals surface area (Å²) < 4.78 is 0. The Balaban J connectivity index is 2.57. The van der Waals surface area contributed by atoms with E-state index in [0.29, 0.717) is 6.54 Å². The van der Waals surface area contributed by atoms with E-state index in [1.54, 1.807) is 11.9 Å². The Kier molecular flexibility index (Phi) is 4.32. The van der Waals surface area contributed by atoms with Crippen molar-refractivity contribution in [3.05, 3.63) is 46.3 Å². The zero-order valence-corrected chi connectivity index (χ0v) is 12.2. The van der Waals surface area contributed by atoms with Gasteiger partial charge in [0.25, 0.3) is 0 Å². The van der Waals surface area contributed by atoms with E-state index < -0.39 is 4.92 Å². The lowest BCUT2D eigenvalue weighted by atomic mass is 10.2. The third-order valence-electron chi connectivity index (χ3n) is 3.14. The second-order valence-electron chi connectivity index (χ2n) is 4.48. The Hall–Kier alpha value is -2.70. The summed E-state index contributed by atoms with van der Waals surface area (Å²) in [4.78, 5) is 20.7. The normalized spacial score (nSPS) is 10.2. The molecule has 21 heavy (non-hydrogen) atoms. The van der Waals surface area contributed by atoms with Gasteiger partial charge < -0.3 is 10.2 Å². The van der Waals surface area contributed by atoms with Crippen molar-refractivity contribution in [2.75, 3.05) is 23.8 Å². The number of nitro groups is 1. The van der Waals surface area contributed by atoms with Gasteiger partial charge in [0.15, 0.2) is 0 Å². The van der Waals surface area contributed by atoms with E-state index in [1.165, 1.54) is 6.33 Å². The Morgan fingerprint density at radius 2 is 1.95 bits per heavy atom. The fraction of sp³-hybridized carbons (Fsp3) is 0.286. The van der Waals surface area contributed by atoms with Crippen molar-refractivity contribution in [2.45, 2.75) is 13.8 Å². The number of aryl methyl sites for hydroxylation is 1. The standard InChI is InChI=1S/C14H17N5O2/c1-4-18(11-7-5-10(2)6-8-11)14-12(19(20)21)13(15-3)16-9-17-14/h5-9H,4H2,1-3H3,(H,15,16,17). The highest BCUT2D eigenvalue weighted by atomic mass is 16.6. The first kappa shape index (κ1) is 14.7. The largest absolute Gasteiger partial charge is 0.367 e. The van der Waals surface area contributed by atoms with Crippen LogP contribution in [0.25, 0.3) is 0 Å². The molecular weight excluding hydrogens is 270 g/mol. The highest BCUT2D eigenvalue weighted by Crippen LogP contribution is 2.35. The van der Waals surface area contributed by atoms with Crippen molar-refractivity contribution in [3.63, 3.8) is 0 Å². The molecule has 110 valence electrons. The molecule has 0 unspecified atom stereocenters. The average Bonchev–Trinajstić information content (AvgIpc) is 2.49. The Morgan fingerprint density at radius 3 is 2.48 bits per heavy atom. The van der Waals surface area contributed by atoms with Crippen LogP contribution < -0.4 is 10.2 Å². The van der Waals surface area contributed by atoms with Gasteiger partial charge in [-0.15, -0.1) is 0 Å². The summed E-state index contributed by atoms with van der Waals surface area (Å²) in [5, 5.41) is 14.1. The van der Waals surface area contributed by atoms with E-state index >= 15 is 0 Å². The van der Waals surface area contributed by atoms with E-state index in [9.17, 15) is 10.1 Å². The molecule has 0 amide bonds. The Bertz CT molecular complexity index is 642. The van der Waals surface area contributed by atoms with Crippen LogP contribution in [0.5, 0.6) is 0 Å². The maximum atomic E-state index is 11.4. The first-order valence-electron chi connectivity index (χ1n) is 6.59. The lowest BCUT2D eigenvalue weighted by Gasteiger charge is -2.22. The van der Waals surface area contributed by atoms with Crippen LogP contribution in [0.3, 0.4) is 0 Å². The molecule has 7 heteroatoms. The monoisotopic (exact) mass is 287 g/mol. The summed E-state index contributed by atoms with van der Waals surface area (Å²) in [6.45, 7) is 4.47. The zero-order chi connectivity index (χ0) is 15.4. The second kappa shape index (κ2) is 6.17. The molecule has 0 bridgehead atoms. The predicted molar refractivity (Wildman–Crippen MR) is 82.1 cm³/mol. The van der Waals surface area contributed by atoms with E-state index in [4.69, 9.17) is 0 Å². The van der Waals surface area contributed by atoms with Crippen molar-refractivity contribution in [1.82, 2.24) is 9.97 Å². The van der Waals surface area contributed by atoms with Crippen LogP contribution in [-0.2, 0) is 0 Å². The fourth-order valence-electron chi connectivity index (χ4n) is 2.10. The number of anilines is 3. The van der Waals surface area contributed by atoms with Gasteiger partial charge in [0.05, 0.1) is 4.92 Å². The molecule has 0 saturated heterocycles. The van der Waals surface area contributed by atoms with E-state index in [2.05, 4.69) is 15.3 Å². The Labute approximate surface area is 122 Å². The van der Waals surface area contributed by atoms with E-state index in [1.807, 2.05) is 38.1 Å². The van der Waals surface area contributed by atoms with Crippen LogP contribution in [0.4, 0.5) is 23.0 Å². The first-order chi connectivity index (χ1) is 10.1. The molecule has 0 fully saturated rings. The van der Waals surface area contributed by atoms with Crippen LogP contribution in [0.2, 0.25) is 0 Å². The average molecular weight is 287 g/mol. The zero-order valence-electron chi connectivity index (χ0n) is 12.2. The summed E-state index contributed by atoms with van der Waals surface area (Å²) in [7, 11) is 1.60. The summed E-state index contributed by atoms with van der Waals surface area (Å²) >= 11 is 0. The molecule has 1 aromatic carbocycles. The van der Waals surface area contributed by atoms with Gasteiger partial charge in [-0.25, -0.2) is 9.97 Å². The van der Waals surface area contributed by atoms with Gasteiger partial charge in [0, 0.05) is 19.3 Å². The maximum Gasteiger partial charge on any atom is 0.353 e. The molecule has 1 aromatic heterocycles. The predicted octanol–water partition coefficient (Wildman–Crippen LogP) is 2.89. The third-order valence-corrected chi connectivity index (χ3v) is 3.14. The molecule has 0 saturated carbocycles. The highest BCUT2D eigenvalue weighted by Gasteiger charge is 2.26. The summed E-state index contributed by atoms with van der Waals surface area (Å²) in [6, 6.07) is 7.77. The molecular formula is C14H17N5O2. The lowest BCUT2D eigenvalue weighted by Crippen LogP contribution is -2.19. The van der Waals surface area contributed by atoms with Crippen molar-refractivity contribution >= 4 is 23.0 Å². The molecule has 1 heterocycles. The van der Waals surface area contributed by atoms with Crippen LogP contribution in [0.15, 0.2) is 30.6 Å². The minimum absolute atomic E-state index is 0.123. The Morgan fingerprint density at radius 1 is 1.29 bits per heavy atom. The molecule has 2 rings (SSSR count). The molecule has 0 aliphatic carbocycles. The molecule has 1 N–H and O–H groups in total. The lowest BCUT2D eigenvalue weighted by molar-refractivity contribution is -0.383. The van der Waals surface area contributed by atoms with Gasteiger partial charge in [-0.2, -0.15) is 0 Å². The van der Waals surface area contributed by atoms with E-state index in [-0.39, 0.29) is 17.3 Å². The SMILES string of the molecule is CCN(c1ccc(C)cc1)c1ncnc(NC)c1[N+](=O)[O-]. The smallest absolute Gasteiger partial charge is 0.353 e. The van der Waals surface area contributed by atoms with Crippen LogP contribution in [0, 0.1) is 17.0 Å². The number of hydrogen-bond acceptors (Lipinski definition) is 6. The van der Waals surface area contributed by atoms with Gasteiger partial charge in [-0.1, -0.05) is 17.7 Å². The van der Waals surface area contributed by atoms with E-state index in [0.717, 1.165) is 11.3 Å². The van der Waals surface area contributed by atoms with Crippen LogP contribution >= 0.6 is 0 Å². The van der Waals surface area contributed by atoms with Gasteiger partial charge in [-0.3, -0.25) is 10.1 Å². The molecule has 0 aliphatic rings. The number of aromatic nitrogens is 2. The molecule has 0 spiro atoms. The highest BCUT2D eigenvalue weighted by molar-refractivity contribution is 5.75. The van der Waals surface area contributed by atoms with Crippen LogP contribution in [-0.4, -0.2) is 28.5 Å². The molecule has 7 nitrogen and oxygen atoms in total. The second-order valence-corrected chi connectivity index (χ2v) is 4.48. The summed E-state index contributed by atoms with van der Waals surface area (Å²) in [5.74, 6) is 0.487. The molecule has 0 aliphatic heterocycles. The fourth-order valence-corrected chi connectivity index (χ4v) is 2.10. The minimum Gasteiger partial charge on any atom is -0.367 e. The molecule has 0 radical (unpaired) electrons. The number of benzene rings is 1. The van der Waals surface area contributed by atoms with Crippen molar-refractivity contribution in [3.8, 4) is 0 Å². The maximum absolute atomic E-state index is 11.4. The van der Waals surface area contributed by atoms with Crippen LogP contribution in [0.1, 0.15) is 12.5 Å². The van der Waals surface area contributed by atoms with Crippen molar-refractivity contribution in [1.29, 1.82) is 0 Å². The van der Waals surface area contributed by atoms with Gasteiger partial charge in [0.1, 0.15) is 6.33 Å². The van der Waals surface area contributed by atoms with Crippen molar-refractivity contribution in [2.24, 2.45) is 0 Å². The van der Waals surface area contributed by atoms with Crippen molar-refractivity contribution < 1.29 is 4.92 Å². The third kappa shape index (κ3) is 2.91. The molecule has 0 atom stereocenters. The summed E-state index contributed by atoms with van der Waals surface area (Å²) in [6.07, 6.45) is 1.32. The topological polar surface area (TPSA) is 84.2 Å². The number of rotatable bonds is 5. The number of nitrogens with one attached hydrogen (secondary N) is 1. The van der Waals surface area contributed by atoms with Gasteiger partial charge >= 0.3 is 5.69 Å². The minimum atomic E-state index is -0.460. The first-order valence-corrected chi connectivity index (χ1v) is 6.59. The van der Waals surface area contributed by atoms with Gasteiger partial charge in [0.2, 0.25) is 11.6 Å². The number of nitrogens with zero attached hydrogens (tertiary/aromatic N) is 4. The number of hydrogen-bond donors (Lipinski definition) is 1. The quantitative estimate of drug-likeness (QED) is 0.672. The summed E-state index contributed by atoms with van der Waals surface area (Å²) in [5.41, 5.74) is 1.86.